The minimum absolute atomic E-state index is 0.0327. The average molecular weight is 436 g/mol. The fourth-order valence-corrected chi connectivity index (χ4v) is 3.73. The number of amides is 1. The van der Waals surface area contributed by atoms with E-state index < -0.39 is 30.1 Å². The van der Waals surface area contributed by atoms with E-state index in [9.17, 15) is 18.4 Å². The van der Waals surface area contributed by atoms with Gasteiger partial charge in [-0.25, -0.2) is 8.78 Å². The maximum atomic E-state index is 13.4. The summed E-state index contributed by atoms with van der Waals surface area (Å²) in [6.07, 6.45) is 0. The molecule has 0 spiro atoms. The lowest BCUT2D eigenvalue weighted by Gasteiger charge is -2.34. The fourth-order valence-electron chi connectivity index (χ4n) is 2.91. The number of piperazine rings is 1. The van der Waals surface area contributed by atoms with Gasteiger partial charge in [0.15, 0.2) is 11.6 Å². The molecule has 0 atom stereocenters. The molecule has 30 heavy (non-hydrogen) atoms. The fraction of sp³-hybridized carbons (Fsp3) is 0.312. The molecule has 1 fully saturated rings. The van der Waals surface area contributed by atoms with E-state index in [1.807, 2.05) is 4.90 Å². The highest BCUT2D eigenvalue weighted by atomic mass is 32.1. The Hall–Kier alpha value is -3.55. The number of tetrazole rings is 1. The molecular weight excluding hydrogens is 422 g/mol. The lowest BCUT2D eigenvalue weighted by atomic mass is 10.1. The van der Waals surface area contributed by atoms with Crippen LogP contribution in [0, 0.1) is 11.6 Å². The molecule has 1 N–H and O–H groups in total. The highest BCUT2D eigenvalue weighted by Gasteiger charge is 2.25. The molecule has 11 nitrogen and oxygen atoms in total. The van der Waals surface area contributed by atoms with Gasteiger partial charge in [0.25, 0.3) is 5.91 Å². The van der Waals surface area contributed by atoms with E-state index in [2.05, 4.69) is 25.6 Å². The summed E-state index contributed by atoms with van der Waals surface area (Å²) in [5.74, 6) is -2.96. The van der Waals surface area contributed by atoms with Crippen LogP contribution in [0.25, 0.3) is 10.8 Å². The number of rotatable bonds is 5. The van der Waals surface area contributed by atoms with Gasteiger partial charge >= 0.3 is 5.97 Å². The van der Waals surface area contributed by atoms with Crippen LogP contribution < -0.4 is 4.90 Å². The molecule has 1 aromatic carbocycles. The second-order valence-corrected chi connectivity index (χ2v) is 7.32. The van der Waals surface area contributed by atoms with E-state index in [1.54, 1.807) is 0 Å². The predicted molar refractivity (Wildman–Crippen MR) is 98.8 cm³/mol. The Morgan fingerprint density at radius 3 is 2.40 bits per heavy atom. The summed E-state index contributed by atoms with van der Waals surface area (Å²) in [5.41, 5.74) is -0.0327. The summed E-state index contributed by atoms with van der Waals surface area (Å²) >= 11 is 1.21. The van der Waals surface area contributed by atoms with Crippen molar-refractivity contribution in [2.75, 3.05) is 31.1 Å². The number of halogens is 2. The number of nitrogens with zero attached hydrogens (tertiary/aromatic N) is 8. The Kier molecular flexibility index (Phi) is 5.31. The second kappa shape index (κ2) is 8.06. The number of aromatic nitrogens is 6. The number of benzene rings is 1. The van der Waals surface area contributed by atoms with Crippen molar-refractivity contribution in [3.63, 3.8) is 0 Å². The smallest absolute Gasteiger partial charge is 0.327 e. The molecule has 1 aliphatic rings. The van der Waals surface area contributed by atoms with Crippen molar-refractivity contribution >= 4 is 28.3 Å². The van der Waals surface area contributed by atoms with Crippen LogP contribution in [0.2, 0.25) is 0 Å². The molecule has 0 aliphatic carbocycles. The summed E-state index contributed by atoms with van der Waals surface area (Å²) in [4.78, 5) is 27.6. The first kappa shape index (κ1) is 19.8. The number of carboxylic acid groups (broad SMARTS) is 1. The summed E-state index contributed by atoms with van der Waals surface area (Å²) in [6.45, 7) is 1.19. The number of hydrogen-bond acceptors (Lipinski definition) is 9. The van der Waals surface area contributed by atoms with Gasteiger partial charge in [-0.2, -0.15) is 4.80 Å². The van der Waals surface area contributed by atoms with Gasteiger partial charge in [-0.3, -0.25) is 9.59 Å². The molecule has 0 bridgehead atoms. The first-order chi connectivity index (χ1) is 14.4. The molecule has 0 radical (unpaired) electrons. The number of carbonyl (C=O) groups is 2. The minimum atomic E-state index is -1.09. The van der Waals surface area contributed by atoms with Crippen LogP contribution in [0.4, 0.5) is 13.9 Å². The maximum absolute atomic E-state index is 13.4. The van der Waals surface area contributed by atoms with Gasteiger partial charge in [-0.15, -0.1) is 20.4 Å². The molecule has 0 unspecified atom stereocenters. The SMILES string of the molecule is O=C(O)Cn1nnc(-c2nnc(N3CCN(C(=O)c4cc(F)cc(F)c4)CC3)s2)n1. The molecule has 4 rings (SSSR count). The summed E-state index contributed by atoms with van der Waals surface area (Å²) in [7, 11) is 0. The number of hydrogen-bond donors (Lipinski definition) is 1. The van der Waals surface area contributed by atoms with Crippen molar-refractivity contribution in [2.45, 2.75) is 6.54 Å². The number of aliphatic carboxylic acids is 1. The third-order valence-corrected chi connectivity index (χ3v) is 5.26. The van der Waals surface area contributed by atoms with Crippen molar-refractivity contribution in [1.29, 1.82) is 0 Å². The molecule has 1 aliphatic heterocycles. The van der Waals surface area contributed by atoms with Crippen LogP contribution in [-0.4, -0.2) is 78.5 Å². The summed E-state index contributed by atoms with van der Waals surface area (Å²) < 4.78 is 26.7. The highest BCUT2D eigenvalue weighted by Crippen LogP contribution is 2.27. The van der Waals surface area contributed by atoms with Crippen molar-refractivity contribution in [3.8, 4) is 10.8 Å². The van der Waals surface area contributed by atoms with Crippen LogP contribution in [0.1, 0.15) is 10.4 Å². The van der Waals surface area contributed by atoms with Crippen molar-refractivity contribution in [1.82, 2.24) is 35.3 Å². The van der Waals surface area contributed by atoms with Gasteiger partial charge in [-0.1, -0.05) is 11.3 Å². The van der Waals surface area contributed by atoms with Crippen LogP contribution in [0.15, 0.2) is 18.2 Å². The standard InChI is InChI=1S/C16H14F2N8O3S/c17-10-5-9(6-11(18)7-10)15(29)24-1-3-25(4-2-24)16-21-20-14(30-16)13-19-23-26(22-13)8-12(27)28/h5-7H,1-4,8H2,(H,27,28). The highest BCUT2D eigenvalue weighted by molar-refractivity contribution is 7.18. The van der Waals surface area contributed by atoms with E-state index in [4.69, 9.17) is 5.11 Å². The van der Waals surface area contributed by atoms with Gasteiger partial charge in [-0.05, 0) is 17.3 Å². The number of carbonyl (C=O) groups excluding carboxylic acids is 1. The van der Waals surface area contributed by atoms with E-state index in [-0.39, 0.29) is 11.4 Å². The Morgan fingerprint density at radius 2 is 1.73 bits per heavy atom. The quantitative estimate of drug-likeness (QED) is 0.608. The lowest BCUT2D eigenvalue weighted by molar-refractivity contribution is -0.138. The molecule has 0 saturated carbocycles. The normalized spacial score (nSPS) is 14.2. The largest absolute Gasteiger partial charge is 0.480 e. The molecule has 1 saturated heterocycles. The van der Waals surface area contributed by atoms with Gasteiger partial charge in [0.05, 0.1) is 0 Å². The van der Waals surface area contributed by atoms with E-state index >= 15 is 0 Å². The Morgan fingerprint density at radius 1 is 1.03 bits per heavy atom. The van der Waals surface area contributed by atoms with Gasteiger partial charge in [0, 0.05) is 37.8 Å². The van der Waals surface area contributed by atoms with Crippen LogP contribution >= 0.6 is 11.3 Å². The lowest BCUT2D eigenvalue weighted by Crippen LogP contribution is -2.48. The Labute approximate surface area is 171 Å². The van der Waals surface area contributed by atoms with Crippen molar-refractivity contribution in [2.24, 2.45) is 0 Å². The van der Waals surface area contributed by atoms with Crippen molar-refractivity contribution < 1.29 is 23.5 Å². The van der Waals surface area contributed by atoms with Crippen LogP contribution in [0.3, 0.4) is 0 Å². The molecule has 2 aromatic heterocycles. The van der Waals surface area contributed by atoms with Gasteiger partial charge in [0.1, 0.15) is 11.6 Å². The molecule has 3 aromatic rings. The minimum Gasteiger partial charge on any atom is -0.480 e. The van der Waals surface area contributed by atoms with Crippen molar-refractivity contribution in [3.05, 3.63) is 35.4 Å². The number of carboxylic acids is 1. The Balaban J connectivity index is 1.39. The van der Waals surface area contributed by atoms with Crippen LogP contribution in [-0.2, 0) is 11.3 Å². The Bertz CT molecular complexity index is 1080. The maximum Gasteiger partial charge on any atom is 0.327 e. The first-order valence-electron chi connectivity index (χ1n) is 8.73. The zero-order valence-electron chi connectivity index (χ0n) is 15.3. The molecule has 156 valence electrons. The topological polar surface area (TPSA) is 130 Å². The molecule has 3 heterocycles. The first-order valence-corrected chi connectivity index (χ1v) is 9.54. The summed E-state index contributed by atoms with van der Waals surface area (Å²) in [5, 5.41) is 29.2. The zero-order chi connectivity index (χ0) is 21.3. The van der Waals surface area contributed by atoms with Gasteiger partial charge < -0.3 is 14.9 Å². The molecule has 14 heteroatoms. The van der Waals surface area contributed by atoms with Gasteiger partial charge in [0.2, 0.25) is 11.0 Å². The van der Waals surface area contributed by atoms with Crippen LogP contribution in [0.5, 0.6) is 0 Å². The molecular formula is C16H14F2N8O3S. The van der Waals surface area contributed by atoms with E-state index in [0.29, 0.717) is 36.3 Å². The summed E-state index contributed by atoms with van der Waals surface area (Å²) in [6, 6.07) is 2.75. The van der Waals surface area contributed by atoms with E-state index in [0.717, 1.165) is 23.0 Å². The third kappa shape index (κ3) is 4.22. The zero-order valence-corrected chi connectivity index (χ0v) is 16.1. The second-order valence-electron chi connectivity index (χ2n) is 6.36. The third-order valence-electron chi connectivity index (χ3n) is 4.28. The monoisotopic (exact) mass is 436 g/mol. The molecule has 1 amide bonds. The number of anilines is 1. The predicted octanol–water partition coefficient (Wildman–Crippen LogP) is 0.517. The average Bonchev–Trinajstić information content (AvgIpc) is 3.36. The van der Waals surface area contributed by atoms with E-state index in [1.165, 1.54) is 16.2 Å².